The van der Waals surface area contributed by atoms with Gasteiger partial charge in [-0.2, -0.15) is 0 Å². The van der Waals surface area contributed by atoms with E-state index in [1.54, 1.807) is 24.3 Å². The van der Waals surface area contributed by atoms with Crippen LogP contribution >= 0.6 is 0 Å². The van der Waals surface area contributed by atoms with Crippen LogP contribution in [0.15, 0.2) is 84.9 Å². The Morgan fingerprint density at radius 3 is 1.96 bits per heavy atom. The van der Waals surface area contributed by atoms with Crippen LogP contribution in [0, 0.1) is 11.8 Å². The van der Waals surface area contributed by atoms with Crippen molar-refractivity contribution in [2.75, 3.05) is 5.32 Å². The highest BCUT2D eigenvalue weighted by molar-refractivity contribution is 5.88. The van der Waals surface area contributed by atoms with Gasteiger partial charge < -0.3 is 10.4 Å². The van der Waals surface area contributed by atoms with E-state index in [-0.39, 0.29) is 5.91 Å². The first-order chi connectivity index (χ1) is 12.6. The summed E-state index contributed by atoms with van der Waals surface area (Å²) in [5.74, 6) is 5.94. The third kappa shape index (κ3) is 4.00. The minimum atomic E-state index is -1.45. The summed E-state index contributed by atoms with van der Waals surface area (Å²) in [6, 6.07) is 26.0. The molecular weight excluding hydrogens is 322 g/mol. The standard InChI is InChI=1S/C23H19NO2/c1-18(25)24-22-14-12-21(13-15-22)23(26,20-10-6-3-7-11-20)17-16-19-8-4-2-5-9-19/h2-15,26H,1H3,(H,24,25). The summed E-state index contributed by atoms with van der Waals surface area (Å²) in [6.07, 6.45) is 0. The number of benzene rings is 3. The molecule has 0 aliphatic heterocycles. The second kappa shape index (κ2) is 7.69. The van der Waals surface area contributed by atoms with Crippen molar-refractivity contribution in [2.45, 2.75) is 12.5 Å². The van der Waals surface area contributed by atoms with Crippen molar-refractivity contribution in [1.29, 1.82) is 0 Å². The normalized spacial score (nSPS) is 12.4. The van der Waals surface area contributed by atoms with Gasteiger partial charge in [-0.25, -0.2) is 0 Å². The number of carbonyl (C=O) groups is 1. The minimum Gasteiger partial charge on any atom is -0.369 e. The minimum absolute atomic E-state index is 0.139. The van der Waals surface area contributed by atoms with E-state index >= 15 is 0 Å². The van der Waals surface area contributed by atoms with E-state index in [0.717, 1.165) is 5.56 Å². The van der Waals surface area contributed by atoms with Crippen LogP contribution in [0.5, 0.6) is 0 Å². The predicted octanol–water partition coefficient (Wildman–Crippen LogP) is 3.93. The van der Waals surface area contributed by atoms with Crippen molar-refractivity contribution in [3.63, 3.8) is 0 Å². The maximum Gasteiger partial charge on any atom is 0.221 e. The molecule has 2 N–H and O–H groups in total. The Labute approximate surface area is 153 Å². The Morgan fingerprint density at radius 1 is 0.846 bits per heavy atom. The Morgan fingerprint density at radius 2 is 1.38 bits per heavy atom. The smallest absolute Gasteiger partial charge is 0.221 e. The number of hydrogen-bond donors (Lipinski definition) is 2. The van der Waals surface area contributed by atoms with Crippen molar-refractivity contribution < 1.29 is 9.90 Å². The molecule has 0 bridgehead atoms. The molecule has 0 fully saturated rings. The van der Waals surface area contributed by atoms with Crippen molar-refractivity contribution in [3.8, 4) is 11.8 Å². The summed E-state index contributed by atoms with van der Waals surface area (Å²) < 4.78 is 0. The number of hydrogen-bond acceptors (Lipinski definition) is 2. The molecule has 0 aliphatic carbocycles. The second-order valence-corrected chi connectivity index (χ2v) is 5.95. The van der Waals surface area contributed by atoms with Crippen LogP contribution in [0.2, 0.25) is 0 Å². The van der Waals surface area contributed by atoms with Crippen LogP contribution in [-0.2, 0) is 10.4 Å². The lowest BCUT2D eigenvalue weighted by molar-refractivity contribution is -0.114. The number of nitrogens with one attached hydrogen (secondary N) is 1. The Kier molecular flexibility index (Phi) is 5.17. The molecule has 3 nitrogen and oxygen atoms in total. The van der Waals surface area contributed by atoms with E-state index in [0.29, 0.717) is 16.8 Å². The fourth-order valence-electron chi connectivity index (χ4n) is 2.67. The first-order valence-electron chi connectivity index (χ1n) is 8.32. The van der Waals surface area contributed by atoms with Gasteiger partial charge in [0.15, 0.2) is 5.60 Å². The van der Waals surface area contributed by atoms with Gasteiger partial charge in [-0.3, -0.25) is 4.79 Å². The largest absolute Gasteiger partial charge is 0.369 e. The third-order valence-corrected chi connectivity index (χ3v) is 3.98. The monoisotopic (exact) mass is 341 g/mol. The van der Waals surface area contributed by atoms with Gasteiger partial charge in [0, 0.05) is 29.3 Å². The van der Waals surface area contributed by atoms with Crippen LogP contribution in [0.4, 0.5) is 5.69 Å². The molecule has 1 amide bonds. The average Bonchev–Trinajstić information content (AvgIpc) is 2.68. The van der Waals surface area contributed by atoms with E-state index in [2.05, 4.69) is 17.2 Å². The zero-order chi connectivity index (χ0) is 18.4. The van der Waals surface area contributed by atoms with E-state index in [4.69, 9.17) is 0 Å². The quantitative estimate of drug-likeness (QED) is 0.709. The molecule has 3 aromatic rings. The van der Waals surface area contributed by atoms with E-state index in [1.807, 2.05) is 60.7 Å². The highest BCUT2D eigenvalue weighted by atomic mass is 16.3. The van der Waals surface area contributed by atoms with Crippen molar-refractivity contribution in [1.82, 2.24) is 0 Å². The molecule has 0 heterocycles. The number of carbonyl (C=O) groups excluding carboxylic acids is 1. The number of rotatable bonds is 3. The molecular formula is C23H19NO2. The predicted molar refractivity (Wildman–Crippen MR) is 104 cm³/mol. The molecule has 1 atom stereocenters. The van der Waals surface area contributed by atoms with Crippen LogP contribution in [0.1, 0.15) is 23.6 Å². The average molecular weight is 341 g/mol. The molecule has 0 saturated carbocycles. The molecule has 26 heavy (non-hydrogen) atoms. The molecule has 0 aliphatic rings. The molecule has 3 heteroatoms. The van der Waals surface area contributed by atoms with Gasteiger partial charge in [-0.1, -0.05) is 72.5 Å². The molecule has 0 radical (unpaired) electrons. The second-order valence-electron chi connectivity index (χ2n) is 5.95. The van der Waals surface area contributed by atoms with Crippen molar-refractivity contribution in [2.24, 2.45) is 0 Å². The van der Waals surface area contributed by atoms with Crippen LogP contribution < -0.4 is 5.32 Å². The zero-order valence-electron chi connectivity index (χ0n) is 14.4. The lowest BCUT2D eigenvalue weighted by Gasteiger charge is -2.24. The van der Waals surface area contributed by atoms with Gasteiger partial charge in [0.1, 0.15) is 0 Å². The van der Waals surface area contributed by atoms with E-state index in [9.17, 15) is 9.90 Å². The summed E-state index contributed by atoms with van der Waals surface area (Å²) >= 11 is 0. The Hall–Kier alpha value is -3.35. The third-order valence-electron chi connectivity index (χ3n) is 3.98. The molecule has 3 aromatic carbocycles. The van der Waals surface area contributed by atoms with Gasteiger partial charge in [0.25, 0.3) is 0 Å². The highest BCUT2D eigenvalue weighted by Gasteiger charge is 2.29. The number of anilines is 1. The molecule has 1 unspecified atom stereocenters. The lowest BCUT2D eigenvalue weighted by atomic mass is 9.86. The Bertz CT molecular complexity index is 938. The maximum atomic E-state index is 11.4. The number of aliphatic hydroxyl groups is 1. The fraction of sp³-hybridized carbons (Fsp3) is 0.0870. The molecule has 0 aromatic heterocycles. The van der Waals surface area contributed by atoms with E-state index in [1.165, 1.54) is 6.92 Å². The number of amides is 1. The van der Waals surface area contributed by atoms with Gasteiger partial charge in [0.2, 0.25) is 5.91 Å². The van der Waals surface area contributed by atoms with Crippen LogP contribution in [0.25, 0.3) is 0 Å². The fourth-order valence-corrected chi connectivity index (χ4v) is 2.67. The maximum absolute atomic E-state index is 11.4. The first kappa shape index (κ1) is 17.5. The summed E-state index contributed by atoms with van der Waals surface area (Å²) in [4.78, 5) is 11.2. The molecule has 128 valence electrons. The first-order valence-corrected chi connectivity index (χ1v) is 8.32. The van der Waals surface area contributed by atoms with E-state index < -0.39 is 5.60 Å². The SMILES string of the molecule is CC(=O)Nc1ccc(C(O)(C#Cc2ccccc2)c2ccccc2)cc1. The zero-order valence-corrected chi connectivity index (χ0v) is 14.4. The van der Waals surface area contributed by atoms with Gasteiger partial charge in [-0.15, -0.1) is 0 Å². The molecule has 3 rings (SSSR count). The van der Waals surface area contributed by atoms with Crippen LogP contribution in [0.3, 0.4) is 0 Å². The topological polar surface area (TPSA) is 49.3 Å². The Balaban J connectivity index is 2.04. The van der Waals surface area contributed by atoms with Gasteiger partial charge in [-0.05, 0) is 24.3 Å². The van der Waals surface area contributed by atoms with Crippen molar-refractivity contribution >= 4 is 11.6 Å². The molecule has 0 saturated heterocycles. The summed E-state index contributed by atoms with van der Waals surface area (Å²) in [7, 11) is 0. The lowest BCUT2D eigenvalue weighted by Crippen LogP contribution is -2.25. The molecule has 0 spiro atoms. The van der Waals surface area contributed by atoms with Crippen LogP contribution in [-0.4, -0.2) is 11.0 Å². The summed E-state index contributed by atoms with van der Waals surface area (Å²) in [5, 5.41) is 14.2. The summed E-state index contributed by atoms with van der Waals surface area (Å²) in [6.45, 7) is 1.46. The van der Waals surface area contributed by atoms with Crippen molar-refractivity contribution in [3.05, 3.63) is 102 Å². The van der Waals surface area contributed by atoms with Gasteiger partial charge >= 0.3 is 0 Å². The highest BCUT2D eigenvalue weighted by Crippen LogP contribution is 2.30. The summed E-state index contributed by atoms with van der Waals surface area (Å²) in [5.41, 5.74) is 1.38. The van der Waals surface area contributed by atoms with Gasteiger partial charge in [0.05, 0.1) is 0 Å².